The van der Waals surface area contributed by atoms with E-state index in [1.165, 1.54) is 25.7 Å². The van der Waals surface area contributed by atoms with Crippen molar-refractivity contribution in [1.82, 2.24) is 4.90 Å². The highest BCUT2D eigenvalue weighted by atomic mass is 16.5. The third-order valence-electron chi connectivity index (χ3n) is 4.52. The molecule has 0 saturated carbocycles. The van der Waals surface area contributed by atoms with Crippen molar-refractivity contribution >= 4 is 0 Å². The van der Waals surface area contributed by atoms with Gasteiger partial charge < -0.3 is 14.7 Å². The lowest BCUT2D eigenvalue weighted by Gasteiger charge is -2.23. The molecule has 0 radical (unpaired) electrons. The Kier molecular flexibility index (Phi) is 6.52. The van der Waals surface area contributed by atoms with E-state index in [0.717, 1.165) is 36.9 Å². The van der Waals surface area contributed by atoms with E-state index in [9.17, 15) is 5.11 Å². The van der Waals surface area contributed by atoms with Crippen LogP contribution in [0.2, 0.25) is 0 Å². The molecule has 0 bridgehead atoms. The zero-order valence-corrected chi connectivity index (χ0v) is 13.4. The normalized spacial score (nSPS) is 21.8. The van der Waals surface area contributed by atoms with Crippen LogP contribution in [-0.2, 0) is 0 Å². The summed E-state index contributed by atoms with van der Waals surface area (Å²) in [6.07, 6.45) is 4.75. The number of ether oxygens (including phenoxy) is 1. The first-order valence-corrected chi connectivity index (χ1v) is 8.36. The first-order valence-electron chi connectivity index (χ1n) is 8.36. The van der Waals surface area contributed by atoms with Crippen molar-refractivity contribution in [3.8, 4) is 5.75 Å². The average Bonchev–Trinajstić information content (AvgIpc) is 2.73. The van der Waals surface area contributed by atoms with E-state index < -0.39 is 6.10 Å². The monoisotopic (exact) mass is 291 g/mol. The number of benzene rings is 1. The standard InChI is InChI=1S/C18H29NO2/c1-3-15-6-5-12-19(13-11-15)14-18(20)16-7-9-17(10-8-16)21-4-2/h7-10,15,18,20H,3-6,11-14H2,1-2H3. The van der Waals surface area contributed by atoms with Gasteiger partial charge in [-0.05, 0) is 62.9 Å². The zero-order chi connectivity index (χ0) is 15.1. The molecule has 1 aliphatic heterocycles. The van der Waals surface area contributed by atoms with Crippen LogP contribution in [0.1, 0.15) is 51.2 Å². The maximum atomic E-state index is 10.4. The van der Waals surface area contributed by atoms with Gasteiger partial charge in [-0.15, -0.1) is 0 Å². The van der Waals surface area contributed by atoms with Gasteiger partial charge in [-0.2, -0.15) is 0 Å². The average molecular weight is 291 g/mol. The Bertz CT molecular complexity index is 404. The molecule has 118 valence electrons. The molecule has 0 spiro atoms. The molecule has 1 saturated heterocycles. The number of β-amino-alcohol motifs (C(OH)–C–C–N with tert-alkyl or cyclic N) is 1. The summed E-state index contributed by atoms with van der Waals surface area (Å²) in [5.74, 6) is 1.74. The predicted molar refractivity (Wildman–Crippen MR) is 86.6 cm³/mol. The van der Waals surface area contributed by atoms with Crippen LogP contribution in [0.3, 0.4) is 0 Å². The maximum absolute atomic E-state index is 10.4. The maximum Gasteiger partial charge on any atom is 0.119 e. The number of nitrogens with zero attached hydrogens (tertiary/aromatic N) is 1. The Balaban J connectivity index is 1.86. The fraction of sp³-hybridized carbons (Fsp3) is 0.667. The molecule has 1 aromatic rings. The molecule has 1 aromatic carbocycles. The van der Waals surface area contributed by atoms with Gasteiger partial charge in [0.15, 0.2) is 0 Å². The van der Waals surface area contributed by atoms with Crippen LogP contribution in [0.15, 0.2) is 24.3 Å². The number of rotatable bonds is 6. The van der Waals surface area contributed by atoms with Crippen molar-refractivity contribution in [2.24, 2.45) is 5.92 Å². The minimum atomic E-state index is -0.404. The Morgan fingerprint density at radius 1 is 1.19 bits per heavy atom. The van der Waals surface area contributed by atoms with E-state index in [2.05, 4.69) is 11.8 Å². The summed E-state index contributed by atoms with van der Waals surface area (Å²) in [5, 5.41) is 10.4. The van der Waals surface area contributed by atoms with E-state index >= 15 is 0 Å². The molecule has 0 aromatic heterocycles. The van der Waals surface area contributed by atoms with Crippen LogP contribution in [0, 0.1) is 5.92 Å². The third kappa shape index (κ3) is 5.01. The van der Waals surface area contributed by atoms with E-state index in [-0.39, 0.29) is 0 Å². The van der Waals surface area contributed by atoms with E-state index in [1.807, 2.05) is 31.2 Å². The zero-order valence-electron chi connectivity index (χ0n) is 13.4. The second-order valence-corrected chi connectivity index (χ2v) is 6.02. The predicted octanol–water partition coefficient (Wildman–Crippen LogP) is 3.63. The number of hydrogen-bond acceptors (Lipinski definition) is 3. The topological polar surface area (TPSA) is 32.7 Å². The fourth-order valence-corrected chi connectivity index (χ4v) is 3.12. The Morgan fingerprint density at radius 3 is 2.62 bits per heavy atom. The van der Waals surface area contributed by atoms with Gasteiger partial charge in [0.1, 0.15) is 5.75 Å². The van der Waals surface area contributed by atoms with Gasteiger partial charge in [0.25, 0.3) is 0 Å². The molecule has 2 rings (SSSR count). The molecule has 21 heavy (non-hydrogen) atoms. The van der Waals surface area contributed by atoms with Crippen molar-refractivity contribution in [2.75, 3.05) is 26.2 Å². The minimum absolute atomic E-state index is 0.404. The van der Waals surface area contributed by atoms with Crippen molar-refractivity contribution in [1.29, 1.82) is 0 Å². The minimum Gasteiger partial charge on any atom is -0.494 e. The second-order valence-electron chi connectivity index (χ2n) is 6.02. The van der Waals surface area contributed by atoms with Gasteiger partial charge in [0.05, 0.1) is 12.7 Å². The van der Waals surface area contributed by atoms with E-state index in [1.54, 1.807) is 0 Å². The van der Waals surface area contributed by atoms with Crippen LogP contribution < -0.4 is 4.74 Å². The van der Waals surface area contributed by atoms with Gasteiger partial charge in [0, 0.05) is 6.54 Å². The van der Waals surface area contributed by atoms with Gasteiger partial charge in [0.2, 0.25) is 0 Å². The molecular formula is C18H29NO2. The molecule has 3 nitrogen and oxygen atoms in total. The lowest BCUT2D eigenvalue weighted by molar-refractivity contribution is 0.114. The van der Waals surface area contributed by atoms with Crippen molar-refractivity contribution in [2.45, 2.75) is 45.6 Å². The van der Waals surface area contributed by atoms with Gasteiger partial charge in [-0.3, -0.25) is 0 Å². The van der Waals surface area contributed by atoms with Crippen molar-refractivity contribution in [3.05, 3.63) is 29.8 Å². The lowest BCUT2D eigenvalue weighted by Crippen LogP contribution is -2.29. The molecule has 3 heteroatoms. The largest absolute Gasteiger partial charge is 0.494 e. The summed E-state index contributed by atoms with van der Waals surface area (Å²) < 4.78 is 5.44. The molecule has 2 unspecified atom stereocenters. The quantitative estimate of drug-likeness (QED) is 0.868. The highest BCUT2D eigenvalue weighted by Gasteiger charge is 2.18. The number of hydrogen-bond donors (Lipinski definition) is 1. The van der Waals surface area contributed by atoms with Crippen LogP contribution in [-0.4, -0.2) is 36.2 Å². The molecule has 1 N–H and O–H groups in total. The molecule has 0 aliphatic carbocycles. The smallest absolute Gasteiger partial charge is 0.119 e. The van der Waals surface area contributed by atoms with Crippen LogP contribution in [0.5, 0.6) is 5.75 Å². The number of aliphatic hydroxyl groups is 1. The summed E-state index contributed by atoms with van der Waals surface area (Å²) >= 11 is 0. The summed E-state index contributed by atoms with van der Waals surface area (Å²) in [6.45, 7) is 7.91. The first-order chi connectivity index (χ1) is 10.2. The van der Waals surface area contributed by atoms with Gasteiger partial charge in [-0.25, -0.2) is 0 Å². The van der Waals surface area contributed by atoms with Gasteiger partial charge >= 0.3 is 0 Å². The van der Waals surface area contributed by atoms with Gasteiger partial charge in [-0.1, -0.05) is 25.5 Å². The Labute approximate surface area is 128 Å². The Hall–Kier alpha value is -1.06. The van der Waals surface area contributed by atoms with E-state index in [4.69, 9.17) is 4.74 Å². The third-order valence-corrected chi connectivity index (χ3v) is 4.52. The summed E-state index contributed by atoms with van der Waals surface area (Å²) in [7, 11) is 0. The molecule has 0 amide bonds. The molecule has 1 fully saturated rings. The molecule has 1 heterocycles. The molecule has 2 atom stereocenters. The summed E-state index contributed by atoms with van der Waals surface area (Å²) in [6, 6.07) is 7.83. The first kappa shape index (κ1) is 16.3. The summed E-state index contributed by atoms with van der Waals surface area (Å²) in [5.41, 5.74) is 0.981. The number of aliphatic hydroxyl groups excluding tert-OH is 1. The molecular weight excluding hydrogens is 262 g/mol. The Morgan fingerprint density at radius 2 is 1.95 bits per heavy atom. The fourth-order valence-electron chi connectivity index (χ4n) is 3.12. The molecule has 1 aliphatic rings. The second kappa shape index (κ2) is 8.40. The highest BCUT2D eigenvalue weighted by molar-refractivity contribution is 5.28. The van der Waals surface area contributed by atoms with Crippen molar-refractivity contribution < 1.29 is 9.84 Å². The summed E-state index contributed by atoms with van der Waals surface area (Å²) in [4.78, 5) is 2.41. The van der Waals surface area contributed by atoms with E-state index in [0.29, 0.717) is 6.61 Å². The van der Waals surface area contributed by atoms with Crippen LogP contribution >= 0.6 is 0 Å². The SMILES string of the molecule is CCOc1ccc(C(O)CN2CCCC(CC)CC2)cc1. The van der Waals surface area contributed by atoms with Crippen LogP contribution in [0.25, 0.3) is 0 Å². The lowest BCUT2D eigenvalue weighted by atomic mass is 9.98. The van der Waals surface area contributed by atoms with Crippen molar-refractivity contribution in [3.63, 3.8) is 0 Å². The highest BCUT2D eigenvalue weighted by Crippen LogP contribution is 2.23. The number of likely N-dealkylation sites (tertiary alicyclic amines) is 1. The van der Waals surface area contributed by atoms with Crippen LogP contribution in [0.4, 0.5) is 0 Å².